The molecular weight excluding hydrogens is 490 g/mol. The highest BCUT2D eigenvalue weighted by Crippen LogP contribution is 2.35. The number of aromatic nitrogens is 2. The molecule has 2 aromatic carbocycles. The van der Waals surface area contributed by atoms with Crippen molar-refractivity contribution in [3.63, 3.8) is 0 Å². The van der Waals surface area contributed by atoms with Crippen LogP contribution in [0.1, 0.15) is 11.1 Å². The number of thiocarbonyl (C=S) groups is 1. The molecule has 0 saturated carbocycles. The topological polar surface area (TPSA) is 63.9 Å². The molecule has 1 aliphatic heterocycles. The van der Waals surface area contributed by atoms with Gasteiger partial charge in [-0.25, -0.2) is 0 Å². The Morgan fingerprint density at radius 3 is 2.50 bits per heavy atom. The molecule has 1 fully saturated rings. The normalized spacial score (nSPS) is 14.9. The maximum Gasteiger partial charge on any atom is 0.269 e. The van der Waals surface area contributed by atoms with Gasteiger partial charge in [0.2, 0.25) is 5.88 Å². The number of hydrogen-bond acceptors (Lipinski definition) is 6. The molecule has 9 heteroatoms. The summed E-state index contributed by atoms with van der Waals surface area (Å²) in [6.45, 7) is 0.353. The van der Waals surface area contributed by atoms with Crippen molar-refractivity contribution in [3.05, 3.63) is 110 Å². The molecule has 0 unspecified atom stereocenters. The minimum Gasteiger partial charge on any atom is -0.438 e. The van der Waals surface area contributed by atoms with Gasteiger partial charge in [-0.2, -0.15) is 4.98 Å². The number of carbonyl (C=O) groups is 1. The van der Waals surface area contributed by atoms with Gasteiger partial charge in [-0.3, -0.25) is 18.9 Å². The number of halogens is 1. The summed E-state index contributed by atoms with van der Waals surface area (Å²) >= 11 is 12.6. The molecule has 3 heterocycles. The molecule has 2 aromatic heterocycles. The van der Waals surface area contributed by atoms with Crippen LogP contribution >= 0.6 is 35.6 Å². The van der Waals surface area contributed by atoms with Gasteiger partial charge in [0.1, 0.15) is 21.3 Å². The highest BCUT2D eigenvalue weighted by atomic mass is 35.5. The molecule has 0 spiro atoms. The van der Waals surface area contributed by atoms with Gasteiger partial charge in [0.15, 0.2) is 0 Å². The minimum atomic E-state index is -0.358. The van der Waals surface area contributed by atoms with Crippen LogP contribution in [0.5, 0.6) is 11.6 Å². The van der Waals surface area contributed by atoms with Crippen LogP contribution in [-0.2, 0) is 11.3 Å². The van der Waals surface area contributed by atoms with Gasteiger partial charge in [0, 0.05) is 11.2 Å². The van der Waals surface area contributed by atoms with E-state index in [0.717, 1.165) is 17.3 Å². The molecule has 168 valence electrons. The van der Waals surface area contributed by atoms with Gasteiger partial charge in [-0.15, -0.1) is 0 Å². The van der Waals surface area contributed by atoms with Crippen molar-refractivity contribution in [2.45, 2.75) is 6.54 Å². The van der Waals surface area contributed by atoms with Crippen LogP contribution in [0.25, 0.3) is 11.7 Å². The van der Waals surface area contributed by atoms with Gasteiger partial charge in [0.05, 0.1) is 11.4 Å². The number of rotatable bonds is 5. The Balaban J connectivity index is 1.56. The summed E-state index contributed by atoms with van der Waals surface area (Å²) in [5.41, 5.74) is 1.17. The van der Waals surface area contributed by atoms with E-state index in [1.165, 1.54) is 15.4 Å². The van der Waals surface area contributed by atoms with Crippen molar-refractivity contribution in [3.8, 4) is 11.6 Å². The summed E-state index contributed by atoms with van der Waals surface area (Å²) in [6.07, 6.45) is 3.12. The van der Waals surface area contributed by atoms with Crippen molar-refractivity contribution >= 4 is 57.5 Å². The lowest BCUT2D eigenvalue weighted by Crippen LogP contribution is -2.27. The van der Waals surface area contributed by atoms with Crippen LogP contribution in [-0.4, -0.2) is 24.5 Å². The van der Waals surface area contributed by atoms with E-state index in [1.807, 2.05) is 30.3 Å². The summed E-state index contributed by atoms with van der Waals surface area (Å²) in [5, 5.41) is 0.557. The zero-order valence-corrected chi connectivity index (χ0v) is 19.9. The van der Waals surface area contributed by atoms with Crippen molar-refractivity contribution in [2.75, 3.05) is 0 Å². The molecule has 6 nitrogen and oxygen atoms in total. The Hall–Kier alpha value is -3.46. The number of thioether (sulfide) groups is 1. The van der Waals surface area contributed by atoms with Gasteiger partial charge in [0.25, 0.3) is 11.5 Å². The first-order chi connectivity index (χ1) is 16.5. The van der Waals surface area contributed by atoms with Crippen LogP contribution in [0.2, 0.25) is 5.02 Å². The maximum absolute atomic E-state index is 13.4. The van der Waals surface area contributed by atoms with Crippen molar-refractivity contribution < 1.29 is 9.53 Å². The van der Waals surface area contributed by atoms with Gasteiger partial charge >= 0.3 is 0 Å². The molecule has 1 aliphatic rings. The number of pyridine rings is 1. The summed E-state index contributed by atoms with van der Waals surface area (Å²) < 4.78 is 7.79. The van der Waals surface area contributed by atoms with E-state index in [9.17, 15) is 9.59 Å². The molecule has 5 rings (SSSR count). The first-order valence-electron chi connectivity index (χ1n) is 10.2. The van der Waals surface area contributed by atoms with E-state index < -0.39 is 0 Å². The van der Waals surface area contributed by atoms with Gasteiger partial charge in [-0.1, -0.05) is 72.0 Å². The average molecular weight is 506 g/mol. The van der Waals surface area contributed by atoms with Crippen LogP contribution in [0.4, 0.5) is 0 Å². The van der Waals surface area contributed by atoms with Gasteiger partial charge < -0.3 is 4.74 Å². The predicted octanol–water partition coefficient (Wildman–Crippen LogP) is 5.54. The minimum absolute atomic E-state index is 0.0897. The SMILES string of the molecule is O=C1/C(=C\c2c(Oc3ccc(Cl)cc3)nc3ccccn3c2=O)SC(=S)N1Cc1ccccc1. The van der Waals surface area contributed by atoms with E-state index in [4.69, 9.17) is 28.6 Å². The first kappa shape index (κ1) is 22.3. The Labute approximate surface area is 209 Å². The highest BCUT2D eigenvalue weighted by Gasteiger charge is 2.32. The number of benzene rings is 2. The predicted molar refractivity (Wildman–Crippen MR) is 138 cm³/mol. The summed E-state index contributed by atoms with van der Waals surface area (Å²) in [6, 6.07) is 21.5. The van der Waals surface area contributed by atoms with E-state index in [0.29, 0.717) is 32.2 Å². The van der Waals surface area contributed by atoms with Crippen LogP contribution < -0.4 is 10.3 Å². The zero-order chi connectivity index (χ0) is 23.7. The fraction of sp³-hybridized carbons (Fsp3) is 0.0400. The fourth-order valence-corrected chi connectivity index (χ4v) is 4.79. The Bertz CT molecular complexity index is 1500. The molecular formula is C25H16ClN3O3S2. The summed E-state index contributed by atoms with van der Waals surface area (Å²) in [4.78, 5) is 32.9. The van der Waals surface area contributed by atoms with Crippen molar-refractivity contribution in [1.82, 2.24) is 14.3 Å². The largest absolute Gasteiger partial charge is 0.438 e. The standard InChI is InChI=1S/C25H16ClN3O3S2/c26-17-9-11-18(12-10-17)32-22-19(23(30)28-13-5-4-8-21(28)27-22)14-20-24(31)29(25(33)34-20)15-16-6-2-1-3-7-16/h1-14H,15H2/b20-14+. The van der Waals surface area contributed by atoms with E-state index in [2.05, 4.69) is 4.98 Å². The average Bonchev–Trinajstić information content (AvgIpc) is 3.11. The third-order valence-electron chi connectivity index (χ3n) is 5.09. The van der Waals surface area contributed by atoms with Crippen molar-refractivity contribution in [1.29, 1.82) is 0 Å². The van der Waals surface area contributed by atoms with E-state index in [-0.39, 0.29) is 22.9 Å². The van der Waals surface area contributed by atoms with Gasteiger partial charge in [-0.05, 0) is 48.0 Å². The highest BCUT2D eigenvalue weighted by molar-refractivity contribution is 8.26. The summed E-state index contributed by atoms with van der Waals surface area (Å²) in [7, 11) is 0. The Kier molecular flexibility index (Phi) is 6.19. The number of fused-ring (bicyclic) bond motifs is 1. The lowest BCUT2D eigenvalue weighted by molar-refractivity contribution is -0.122. The molecule has 0 aliphatic carbocycles. The molecule has 34 heavy (non-hydrogen) atoms. The number of carbonyl (C=O) groups excluding carboxylic acids is 1. The molecule has 4 aromatic rings. The zero-order valence-electron chi connectivity index (χ0n) is 17.6. The number of amides is 1. The molecule has 1 amide bonds. The van der Waals surface area contributed by atoms with Crippen LogP contribution in [0.3, 0.4) is 0 Å². The molecule has 1 saturated heterocycles. The third kappa shape index (κ3) is 4.48. The lowest BCUT2D eigenvalue weighted by atomic mass is 10.2. The molecule has 0 radical (unpaired) electrons. The summed E-state index contributed by atoms with van der Waals surface area (Å²) in [5.74, 6) is 0.281. The van der Waals surface area contributed by atoms with Crippen LogP contribution in [0, 0.1) is 0 Å². The quantitative estimate of drug-likeness (QED) is 0.262. The number of ether oxygens (including phenoxy) is 1. The fourth-order valence-electron chi connectivity index (χ4n) is 3.43. The van der Waals surface area contributed by atoms with Crippen molar-refractivity contribution in [2.24, 2.45) is 0 Å². The molecule has 0 N–H and O–H groups in total. The second-order valence-electron chi connectivity index (χ2n) is 7.37. The monoisotopic (exact) mass is 505 g/mol. The number of hydrogen-bond donors (Lipinski definition) is 0. The molecule has 0 bridgehead atoms. The Morgan fingerprint density at radius 1 is 1.00 bits per heavy atom. The smallest absolute Gasteiger partial charge is 0.269 e. The number of nitrogens with zero attached hydrogens (tertiary/aromatic N) is 3. The first-order valence-corrected chi connectivity index (χ1v) is 11.8. The second kappa shape index (κ2) is 9.42. The van der Waals surface area contributed by atoms with E-state index >= 15 is 0 Å². The third-order valence-corrected chi connectivity index (χ3v) is 6.72. The molecule has 0 atom stereocenters. The van der Waals surface area contributed by atoms with Crippen LogP contribution in [0.15, 0.2) is 88.7 Å². The Morgan fingerprint density at radius 2 is 1.74 bits per heavy atom. The second-order valence-corrected chi connectivity index (χ2v) is 9.49. The lowest BCUT2D eigenvalue weighted by Gasteiger charge is -2.14. The maximum atomic E-state index is 13.4. The van der Waals surface area contributed by atoms with E-state index in [1.54, 1.807) is 48.7 Å².